The van der Waals surface area contributed by atoms with Gasteiger partial charge in [-0.2, -0.15) is 0 Å². The van der Waals surface area contributed by atoms with E-state index in [0.717, 1.165) is 24.9 Å². The minimum Gasteiger partial charge on any atom is -0.312 e. The van der Waals surface area contributed by atoms with Crippen molar-refractivity contribution < 1.29 is 4.79 Å². The zero-order valence-corrected chi connectivity index (χ0v) is 17.5. The van der Waals surface area contributed by atoms with Crippen LogP contribution in [0.4, 0.5) is 0 Å². The lowest BCUT2D eigenvalue weighted by molar-refractivity contribution is -0.126. The van der Waals surface area contributed by atoms with Gasteiger partial charge in [-0.15, -0.1) is 0 Å². The third-order valence-corrected chi connectivity index (χ3v) is 8.38. The maximum atomic E-state index is 13.1. The summed E-state index contributed by atoms with van der Waals surface area (Å²) < 4.78 is 0. The number of ketones is 1. The number of carbonyl (C=O) groups is 1. The van der Waals surface area contributed by atoms with Crippen LogP contribution in [0.15, 0.2) is 0 Å². The number of rotatable bonds is 5. The SMILES string of the molecule is O=C(CN1CCCCC1C1CCCCN1)C1CCC(C2CCCCC2)CC1. The molecule has 4 rings (SSSR count). The highest BCUT2D eigenvalue weighted by molar-refractivity contribution is 5.83. The van der Waals surface area contributed by atoms with Gasteiger partial charge in [0.05, 0.1) is 6.54 Å². The molecule has 4 aliphatic rings. The third-order valence-electron chi connectivity index (χ3n) is 8.38. The molecule has 2 saturated heterocycles. The largest absolute Gasteiger partial charge is 0.312 e. The van der Waals surface area contributed by atoms with Crippen LogP contribution in [0.1, 0.15) is 96.3 Å². The molecule has 2 heterocycles. The smallest absolute Gasteiger partial charge is 0.149 e. The lowest BCUT2D eigenvalue weighted by Gasteiger charge is -2.42. The highest BCUT2D eigenvalue weighted by Gasteiger charge is 2.35. The molecule has 2 aliphatic carbocycles. The number of piperidine rings is 2. The van der Waals surface area contributed by atoms with Crippen LogP contribution in [0.3, 0.4) is 0 Å². The second-order valence-electron chi connectivity index (χ2n) is 10.1. The minimum atomic E-state index is 0.367. The highest BCUT2D eigenvalue weighted by atomic mass is 16.1. The zero-order valence-electron chi connectivity index (χ0n) is 17.5. The Labute approximate surface area is 167 Å². The first-order valence-corrected chi connectivity index (χ1v) is 12.3. The van der Waals surface area contributed by atoms with Crippen molar-refractivity contribution in [3.63, 3.8) is 0 Å². The standard InChI is InChI=1S/C24H42N2O/c27-24(21-14-12-20(13-15-21)19-8-2-1-3-9-19)18-26-17-7-5-11-23(26)22-10-4-6-16-25-22/h19-23,25H,1-18H2. The molecule has 2 saturated carbocycles. The van der Waals surface area contributed by atoms with E-state index in [0.29, 0.717) is 23.8 Å². The summed E-state index contributed by atoms with van der Waals surface area (Å²) in [6.45, 7) is 3.06. The molecule has 0 bridgehead atoms. The van der Waals surface area contributed by atoms with Gasteiger partial charge in [-0.1, -0.05) is 44.9 Å². The van der Waals surface area contributed by atoms with Crippen molar-refractivity contribution in [3.8, 4) is 0 Å². The number of hydrogen-bond donors (Lipinski definition) is 1. The predicted octanol–water partition coefficient (Wildman–Crippen LogP) is 4.94. The Morgan fingerprint density at radius 1 is 0.741 bits per heavy atom. The van der Waals surface area contributed by atoms with Gasteiger partial charge in [0.15, 0.2) is 0 Å². The second kappa shape index (κ2) is 9.87. The Hall–Kier alpha value is -0.410. The highest BCUT2D eigenvalue weighted by Crippen LogP contribution is 2.40. The maximum Gasteiger partial charge on any atom is 0.149 e. The number of Topliss-reactive ketones (excluding diaryl/α,β-unsaturated/α-hetero) is 1. The summed E-state index contributed by atoms with van der Waals surface area (Å²) in [6, 6.07) is 1.25. The molecule has 0 aromatic rings. The van der Waals surface area contributed by atoms with Gasteiger partial charge < -0.3 is 5.32 Å². The molecule has 1 N–H and O–H groups in total. The van der Waals surface area contributed by atoms with Crippen molar-refractivity contribution in [1.82, 2.24) is 10.2 Å². The Morgan fingerprint density at radius 2 is 1.44 bits per heavy atom. The Bertz CT molecular complexity index is 459. The second-order valence-corrected chi connectivity index (χ2v) is 10.1. The quantitative estimate of drug-likeness (QED) is 0.740. The third kappa shape index (κ3) is 5.15. The minimum absolute atomic E-state index is 0.367. The van der Waals surface area contributed by atoms with Crippen LogP contribution in [-0.2, 0) is 4.79 Å². The van der Waals surface area contributed by atoms with E-state index in [4.69, 9.17) is 0 Å². The first-order chi connectivity index (χ1) is 13.3. The van der Waals surface area contributed by atoms with E-state index in [9.17, 15) is 4.79 Å². The van der Waals surface area contributed by atoms with Crippen molar-refractivity contribution in [2.24, 2.45) is 17.8 Å². The van der Waals surface area contributed by atoms with Crippen LogP contribution in [0.25, 0.3) is 0 Å². The normalized spacial score (nSPS) is 37.2. The number of likely N-dealkylation sites (tertiary alicyclic amines) is 1. The molecular formula is C24H42N2O. The summed E-state index contributed by atoms with van der Waals surface area (Å²) in [7, 11) is 0. The van der Waals surface area contributed by atoms with Crippen LogP contribution in [0.5, 0.6) is 0 Å². The van der Waals surface area contributed by atoms with Gasteiger partial charge in [0.1, 0.15) is 5.78 Å². The summed E-state index contributed by atoms with van der Waals surface area (Å²) in [5.74, 6) is 2.86. The fourth-order valence-electron chi connectivity index (χ4n) is 6.72. The van der Waals surface area contributed by atoms with Crippen molar-refractivity contribution in [2.45, 2.75) is 108 Å². The molecule has 3 heteroatoms. The number of carbonyl (C=O) groups excluding carboxylic acids is 1. The van der Waals surface area contributed by atoms with Crippen molar-refractivity contribution in [2.75, 3.05) is 19.6 Å². The molecule has 0 aromatic heterocycles. The first-order valence-electron chi connectivity index (χ1n) is 12.3. The monoisotopic (exact) mass is 374 g/mol. The molecule has 27 heavy (non-hydrogen) atoms. The topological polar surface area (TPSA) is 32.3 Å². The molecule has 154 valence electrons. The molecule has 0 spiro atoms. The lowest BCUT2D eigenvalue weighted by Crippen LogP contribution is -2.55. The summed E-state index contributed by atoms with van der Waals surface area (Å²) in [6.07, 6.45) is 20.2. The van der Waals surface area contributed by atoms with E-state index in [1.165, 1.54) is 103 Å². The van der Waals surface area contributed by atoms with Crippen molar-refractivity contribution >= 4 is 5.78 Å². The fourth-order valence-corrected chi connectivity index (χ4v) is 6.72. The Balaban J connectivity index is 1.26. The van der Waals surface area contributed by atoms with Crippen LogP contribution in [-0.4, -0.2) is 42.4 Å². The average molecular weight is 375 g/mol. The number of hydrogen-bond acceptors (Lipinski definition) is 3. The van der Waals surface area contributed by atoms with E-state index in [1.54, 1.807) is 0 Å². The van der Waals surface area contributed by atoms with Crippen LogP contribution >= 0.6 is 0 Å². The molecule has 0 aromatic carbocycles. The summed E-state index contributed by atoms with van der Waals surface area (Å²) in [5.41, 5.74) is 0. The van der Waals surface area contributed by atoms with Crippen molar-refractivity contribution in [1.29, 1.82) is 0 Å². The molecule has 4 fully saturated rings. The average Bonchev–Trinajstić information content (AvgIpc) is 2.75. The number of nitrogens with one attached hydrogen (secondary N) is 1. The van der Waals surface area contributed by atoms with Gasteiger partial charge in [-0.25, -0.2) is 0 Å². The Morgan fingerprint density at radius 3 is 2.19 bits per heavy atom. The molecule has 2 aliphatic heterocycles. The van der Waals surface area contributed by atoms with E-state index in [-0.39, 0.29) is 0 Å². The van der Waals surface area contributed by atoms with Gasteiger partial charge >= 0.3 is 0 Å². The van der Waals surface area contributed by atoms with E-state index < -0.39 is 0 Å². The van der Waals surface area contributed by atoms with Crippen LogP contribution in [0, 0.1) is 17.8 Å². The van der Waals surface area contributed by atoms with Crippen LogP contribution in [0.2, 0.25) is 0 Å². The van der Waals surface area contributed by atoms with Gasteiger partial charge in [0.2, 0.25) is 0 Å². The van der Waals surface area contributed by atoms with Crippen molar-refractivity contribution in [3.05, 3.63) is 0 Å². The molecular weight excluding hydrogens is 332 g/mol. The Kier molecular flexibility index (Phi) is 7.27. The molecule has 0 amide bonds. The lowest BCUT2D eigenvalue weighted by atomic mass is 9.70. The van der Waals surface area contributed by atoms with Gasteiger partial charge in [-0.05, 0) is 76.3 Å². The van der Waals surface area contributed by atoms with Gasteiger partial charge in [-0.3, -0.25) is 9.69 Å². The summed E-state index contributed by atoms with van der Waals surface area (Å²) in [5, 5.41) is 3.76. The molecule has 2 unspecified atom stereocenters. The number of nitrogens with zero attached hydrogens (tertiary/aromatic N) is 1. The van der Waals surface area contributed by atoms with Gasteiger partial charge in [0, 0.05) is 18.0 Å². The predicted molar refractivity (Wildman–Crippen MR) is 112 cm³/mol. The fraction of sp³-hybridized carbons (Fsp3) is 0.958. The zero-order chi connectivity index (χ0) is 18.5. The van der Waals surface area contributed by atoms with E-state index in [1.807, 2.05) is 0 Å². The summed E-state index contributed by atoms with van der Waals surface area (Å²) >= 11 is 0. The van der Waals surface area contributed by atoms with Gasteiger partial charge in [0.25, 0.3) is 0 Å². The molecule has 2 atom stereocenters. The van der Waals surface area contributed by atoms with E-state index >= 15 is 0 Å². The maximum absolute atomic E-state index is 13.1. The first kappa shape index (κ1) is 19.9. The molecule has 3 nitrogen and oxygen atoms in total. The van der Waals surface area contributed by atoms with E-state index in [2.05, 4.69) is 10.2 Å². The molecule has 0 radical (unpaired) electrons. The van der Waals surface area contributed by atoms with Crippen LogP contribution < -0.4 is 5.32 Å². The summed E-state index contributed by atoms with van der Waals surface area (Å²) in [4.78, 5) is 15.7.